The van der Waals surface area contributed by atoms with Gasteiger partial charge in [0.2, 0.25) is 17.7 Å². The number of hydrazine groups is 1. The number of carbonyl (C=O) groups excluding carboxylic acids is 3. The molecule has 0 bridgehead atoms. The van der Waals surface area contributed by atoms with Crippen molar-refractivity contribution in [3.63, 3.8) is 0 Å². The topological polar surface area (TPSA) is 119 Å². The van der Waals surface area contributed by atoms with Gasteiger partial charge in [0.05, 0.1) is 27.3 Å². The average Bonchev–Trinajstić information content (AvgIpc) is 3.02. The Morgan fingerprint density at radius 1 is 1.02 bits per heavy atom. The highest BCUT2D eigenvalue weighted by molar-refractivity contribution is 5.92. The zero-order valence-corrected chi connectivity index (χ0v) is 26.3. The van der Waals surface area contributed by atoms with Crippen LogP contribution in [-0.4, -0.2) is 108 Å². The minimum atomic E-state index is -0.845. The molecule has 45 heavy (non-hydrogen) atoms. The second-order valence-electron chi connectivity index (χ2n) is 11.5. The number of rotatable bonds is 10. The largest absolute Gasteiger partial charge is 0.508 e. The number of pyridine rings is 1. The number of phenolic OH excluding ortho intramolecular Hbond substituents is 1. The summed E-state index contributed by atoms with van der Waals surface area (Å²) in [7, 11) is 8.65. The Morgan fingerprint density at radius 2 is 1.76 bits per heavy atom. The summed E-state index contributed by atoms with van der Waals surface area (Å²) in [5.74, 6) is 1.39. The van der Waals surface area contributed by atoms with E-state index in [0.717, 1.165) is 22.5 Å². The van der Waals surface area contributed by atoms with Crippen LogP contribution in [-0.2, 0) is 33.8 Å². The number of amides is 3. The number of methoxy groups -OCH3 is 2. The van der Waals surface area contributed by atoms with Gasteiger partial charge in [0.25, 0.3) is 0 Å². The Kier molecular flexibility index (Phi) is 9.43. The van der Waals surface area contributed by atoms with Gasteiger partial charge in [-0.2, -0.15) is 0 Å². The second-order valence-corrected chi connectivity index (χ2v) is 11.5. The molecule has 0 spiro atoms. The summed E-state index contributed by atoms with van der Waals surface area (Å²) in [4.78, 5) is 51.5. The van der Waals surface area contributed by atoms with E-state index in [1.807, 2.05) is 43.3 Å². The van der Waals surface area contributed by atoms with E-state index < -0.39 is 12.2 Å². The summed E-state index contributed by atoms with van der Waals surface area (Å²) in [6, 6.07) is 15.1. The molecular weight excluding hydrogens is 576 g/mol. The van der Waals surface area contributed by atoms with Gasteiger partial charge in [-0.3, -0.25) is 19.4 Å². The number of hydrogen-bond donors (Lipinski definition) is 1. The molecule has 0 saturated carbocycles. The van der Waals surface area contributed by atoms with Crippen LogP contribution in [0.25, 0.3) is 0 Å². The predicted octanol–water partition coefficient (Wildman–Crippen LogP) is 2.30. The molecule has 1 aromatic heterocycles. The number of benzene rings is 2. The zero-order valence-electron chi connectivity index (χ0n) is 26.3. The lowest BCUT2D eigenvalue weighted by atomic mass is 9.98. The molecule has 2 atom stereocenters. The van der Waals surface area contributed by atoms with Gasteiger partial charge in [-0.1, -0.05) is 30.3 Å². The van der Waals surface area contributed by atoms with Gasteiger partial charge < -0.3 is 29.3 Å². The number of carbonyl (C=O) groups is 3. The van der Waals surface area contributed by atoms with E-state index in [1.165, 1.54) is 0 Å². The molecule has 2 aliphatic heterocycles. The summed E-state index contributed by atoms with van der Waals surface area (Å²) in [5, 5.41) is 13.1. The molecule has 238 valence electrons. The number of aromatic nitrogens is 1. The number of aryl methyl sites for hydroxylation is 1. The molecule has 5 rings (SSSR count). The highest BCUT2D eigenvalue weighted by atomic mass is 16.5. The Morgan fingerprint density at radius 3 is 2.44 bits per heavy atom. The SMILES string of the molecule is COc1cccc(CCC(=O)N2C3CN(Cc4cccnc4N(C)C)C(=O)[C@H](Cc4ccc(O)cc4)N3C(=O)CN2C)c1OC. The van der Waals surface area contributed by atoms with Crippen LogP contribution in [0.2, 0.25) is 0 Å². The van der Waals surface area contributed by atoms with Crippen LogP contribution in [0.1, 0.15) is 23.1 Å². The quantitative estimate of drug-likeness (QED) is 0.366. The first-order valence-corrected chi connectivity index (χ1v) is 14.8. The van der Waals surface area contributed by atoms with Crippen LogP contribution in [0.4, 0.5) is 5.82 Å². The van der Waals surface area contributed by atoms with E-state index in [-0.39, 0.29) is 55.9 Å². The van der Waals surface area contributed by atoms with Gasteiger partial charge in [0.1, 0.15) is 23.8 Å². The molecule has 12 nitrogen and oxygen atoms in total. The van der Waals surface area contributed by atoms with Crippen LogP contribution in [0.5, 0.6) is 17.2 Å². The van der Waals surface area contributed by atoms with Crippen molar-refractivity contribution in [2.24, 2.45) is 0 Å². The first kappa shape index (κ1) is 31.6. The monoisotopic (exact) mass is 616 g/mol. The maximum absolute atomic E-state index is 14.2. The zero-order chi connectivity index (χ0) is 32.2. The lowest BCUT2D eigenvalue weighted by Crippen LogP contribution is -2.75. The van der Waals surface area contributed by atoms with Crippen molar-refractivity contribution in [2.45, 2.75) is 38.0 Å². The van der Waals surface area contributed by atoms with E-state index in [4.69, 9.17) is 9.47 Å². The minimum absolute atomic E-state index is 0.0442. The van der Waals surface area contributed by atoms with Crippen LogP contribution < -0.4 is 14.4 Å². The number of ether oxygens (including phenoxy) is 2. The standard InChI is InChI=1S/C33H40N6O6/c1-35(2)32-24(9-7-17-34-32)19-37-20-28-38(26(33(37)43)18-22-11-14-25(40)15-12-22)30(42)21-36(3)39(28)29(41)16-13-23-8-6-10-27(44-4)31(23)45-5/h6-12,14-15,17,26,28,40H,13,16,18-21H2,1-5H3/t26-,28?/m0/s1. The molecule has 2 aromatic carbocycles. The summed E-state index contributed by atoms with van der Waals surface area (Å²) < 4.78 is 11.0. The number of piperazine rings is 1. The Hall–Kier alpha value is -4.84. The molecule has 12 heteroatoms. The van der Waals surface area contributed by atoms with Crippen molar-refractivity contribution >= 4 is 23.5 Å². The fourth-order valence-corrected chi connectivity index (χ4v) is 6.24. The molecule has 0 radical (unpaired) electrons. The Bertz CT molecular complexity index is 1550. The van der Waals surface area contributed by atoms with Crippen LogP contribution >= 0.6 is 0 Å². The first-order chi connectivity index (χ1) is 21.6. The van der Waals surface area contributed by atoms with Crippen molar-refractivity contribution in [3.05, 3.63) is 77.5 Å². The number of aromatic hydroxyl groups is 1. The van der Waals surface area contributed by atoms with Crippen LogP contribution in [0.15, 0.2) is 60.8 Å². The van der Waals surface area contributed by atoms with Gasteiger partial charge in [-0.25, -0.2) is 9.99 Å². The molecule has 2 aliphatic rings. The Labute approximate surface area is 263 Å². The summed E-state index contributed by atoms with van der Waals surface area (Å²) in [6.07, 6.45) is 1.77. The highest BCUT2D eigenvalue weighted by Gasteiger charge is 2.50. The summed E-state index contributed by atoms with van der Waals surface area (Å²) in [5.41, 5.74) is 2.47. The molecule has 0 aliphatic carbocycles. The van der Waals surface area contributed by atoms with E-state index in [2.05, 4.69) is 4.98 Å². The van der Waals surface area contributed by atoms with Gasteiger partial charge >= 0.3 is 0 Å². The maximum Gasteiger partial charge on any atom is 0.246 e. The Balaban J connectivity index is 1.48. The fourth-order valence-electron chi connectivity index (χ4n) is 6.24. The number of nitrogens with zero attached hydrogens (tertiary/aromatic N) is 6. The van der Waals surface area contributed by atoms with Gasteiger partial charge in [-0.05, 0) is 41.8 Å². The predicted molar refractivity (Wildman–Crippen MR) is 168 cm³/mol. The number of phenols is 1. The molecule has 1 unspecified atom stereocenters. The molecule has 1 N–H and O–H groups in total. The van der Waals surface area contributed by atoms with Crippen molar-refractivity contribution in [2.75, 3.05) is 53.4 Å². The third-order valence-corrected chi connectivity index (χ3v) is 8.31. The fraction of sp³-hybridized carbons (Fsp3) is 0.394. The van der Waals surface area contributed by atoms with E-state index in [9.17, 15) is 19.5 Å². The number of para-hydroxylation sites is 1. The lowest BCUT2D eigenvalue weighted by Gasteiger charge is -2.54. The third-order valence-electron chi connectivity index (χ3n) is 8.31. The molecule has 3 heterocycles. The summed E-state index contributed by atoms with van der Waals surface area (Å²) in [6.45, 7) is 0.353. The van der Waals surface area contributed by atoms with Gasteiger partial charge in [-0.15, -0.1) is 0 Å². The third kappa shape index (κ3) is 6.51. The number of likely N-dealkylation sites (N-methyl/N-ethyl adjacent to an activating group) is 1. The normalized spacial score (nSPS) is 18.6. The van der Waals surface area contributed by atoms with Gasteiger partial charge in [0.15, 0.2) is 11.5 Å². The van der Waals surface area contributed by atoms with E-state index in [1.54, 1.807) is 77.6 Å². The van der Waals surface area contributed by atoms with Crippen molar-refractivity contribution in [1.29, 1.82) is 0 Å². The molecule has 3 amide bonds. The summed E-state index contributed by atoms with van der Waals surface area (Å²) >= 11 is 0. The van der Waals surface area contributed by atoms with Crippen molar-refractivity contribution < 1.29 is 29.0 Å². The van der Waals surface area contributed by atoms with E-state index in [0.29, 0.717) is 17.9 Å². The first-order valence-electron chi connectivity index (χ1n) is 14.8. The average molecular weight is 617 g/mol. The van der Waals surface area contributed by atoms with E-state index >= 15 is 0 Å². The molecule has 2 saturated heterocycles. The lowest BCUT2D eigenvalue weighted by molar-refractivity contribution is -0.202. The van der Waals surface area contributed by atoms with Gasteiger partial charge in [0, 0.05) is 52.3 Å². The molecular formula is C33H40N6O6. The van der Waals surface area contributed by atoms with Crippen LogP contribution in [0.3, 0.4) is 0 Å². The maximum atomic E-state index is 14.2. The smallest absolute Gasteiger partial charge is 0.246 e. The highest BCUT2D eigenvalue weighted by Crippen LogP contribution is 2.33. The van der Waals surface area contributed by atoms with Crippen molar-refractivity contribution in [1.82, 2.24) is 24.8 Å². The van der Waals surface area contributed by atoms with Crippen LogP contribution in [0, 0.1) is 0 Å². The number of hydrogen-bond acceptors (Lipinski definition) is 9. The molecule has 2 fully saturated rings. The second kappa shape index (κ2) is 13.4. The molecule has 3 aromatic rings. The number of anilines is 1. The van der Waals surface area contributed by atoms with Crippen molar-refractivity contribution in [3.8, 4) is 17.2 Å². The minimum Gasteiger partial charge on any atom is -0.508 e. The number of fused-ring (bicyclic) bond motifs is 1.